The Kier molecular flexibility index (Phi) is 5.19. The minimum absolute atomic E-state index is 0.0901. The van der Waals surface area contributed by atoms with Crippen molar-refractivity contribution in [2.24, 2.45) is 0 Å². The lowest BCUT2D eigenvalue weighted by molar-refractivity contribution is 0.102. The highest BCUT2D eigenvalue weighted by molar-refractivity contribution is 7.92. The van der Waals surface area contributed by atoms with Gasteiger partial charge in [-0.25, -0.2) is 18.9 Å². The summed E-state index contributed by atoms with van der Waals surface area (Å²) in [5.74, 6) is -0.268. The first-order valence-corrected chi connectivity index (χ1v) is 9.54. The van der Waals surface area contributed by atoms with Crippen molar-refractivity contribution >= 4 is 46.8 Å². The third kappa shape index (κ3) is 3.50. The van der Waals surface area contributed by atoms with Crippen LogP contribution in [-0.2, 0) is 0 Å². The van der Waals surface area contributed by atoms with Crippen molar-refractivity contribution in [1.29, 1.82) is 5.41 Å². The molecule has 0 bridgehead atoms. The van der Waals surface area contributed by atoms with E-state index in [9.17, 15) is 8.68 Å². The van der Waals surface area contributed by atoms with Crippen LogP contribution >= 0.6 is 12.3 Å². The fraction of sp³-hybridized carbons (Fsp3) is 0.105. The molecule has 0 atom stereocenters. The van der Waals surface area contributed by atoms with Gasteiger partial charge in [-0.2, -0.15) is 0 Å². The zero-order valence-corrected chi connectivity index (χ0v) is 16.8. The first-order chi connectivity index (χ1) is 14.5. The zero-order chi connectivity index (χ0) is 21.3. The average molecular weight is 424 g/mol. The van der Waals surface area contributed by atoms with E-state index >= 15 is 0 Å². The average Bonchev–Trinajstić information content (AvgIpc) is 3.40. The molecule has 0 fully saturated rings. The molecular weight excluding hydrogens is 407 g/mol. The Morgan fingerprint density at radius 1 is 1.30 bits per heavy atom. The Bertz CT molecular complexity index is 1250. The molecule has 30 heavy (non-hydrogen) atoms. The van der Waals surface area contributed by atoms with E-state index in [-0.39, 0.29) is 46.4 Å². The first kappa shape index (κ1) is 19.6. The Labute approximate surface area is 175 Å². The summed E-state index contributed by atoms with van der Waals surface area (Å²) in [6, 6.07) is 5.64. The molecule has 0 aliphatic heterocycles. The molecule has 0 unspecified atom stereocenters. The molecule has 0 radical (unpaired) electrons. The number of anilines is 2. The fourth-order valence-corrected chi connectivity index (χ4v) is 3.38. The van der Waals surface area contributed by atoms with Crippen LogP contribution in [-0.4, -0.2) is 42.6 Å². The number of halogens is 1. The minimum Gasteiger partial charge on any atom is -0.388 e. The normalized spacial score (nSPS) is 10.9. The first-order valence-electron chi connectivity index (χ1n) is 8.87. The third-order valence-corrected chi connectivity index (χ3v) is 4.91. The van der Waals surface area contributed by atoms with Gasteiger partial charge in [-0.05, 0) is 18.6 Å². The third-order valence-electron chi connectivity index (χ3n) is 4.48. The number of imidazole rings is 1. The Morgan fingerprint density at radius 3 is 2.83 bits per heavy atom. The van der Waals surface area contributed by atoms with Crippen LogP contribution in [0.3, 0.4) is 0 Å². The van der Waals surface area contributed by atoms with Gasteiger partial charge in [-0.15, -0.1) is 3.89 Å². The van der Waals surface area contributed by atoms with E-state index in [1.807, 2.05) is 25.1 Å². The van der Waals surface area contributed by atoms with E-state index in [2.05, 4.69) is 30.6 Å². The van der Waals surface area contributed by atoms with Gasteiger partial charge in [0.05, 0.1) is 17.5 Å². The molecule has 11 heteroatoms. The molecule has 9 nitrogen and oxygen atoms in total. The maximum absolute atomic E-state index is 13.4. The van der Waals surface area contributed by atoms with Crippen molar-refractivity contribution in [3.63, 3.8) is 0 Å². The quantitative estimate of drug-likeness (QED) is 0.351. The zero-order valence-electron chi connectivity index (χ0n) is 16.0. The number of hydrogen-bond donors (Lipinski definition) is 4. The van der Waals surface area contributed by atoms with Crippen molar-refractivity contribution in [2.75, 3.05) is 17.7 Å². The monoisotopic (exact) mass is 424 g/mol. The van der Waals surface area contributed by atoms with Gasteiger partial charge in [0.25, 0.3) is 5.91 Å². The Hall–Kier alpha value is -3.73. The van der Waals surface area contributed by atoms with Crippen molar-refractivity contribution in [3.8, 4) is 0 Å². The van der Waals surface area contributed by atoms with Crippen molar-refractivity contribution < 1.29 is 8.68 Å². The molecule has 4 N–H and O–H groups in total. The van der Waals surface area contributed by atoms with Crippen LogP contribution in [0.1, 0.15) is 27.2 Å². The molecule has 0 saturated heterocycles. The predicted octanol–water partition coefficient (Wildman–Crippen LogP) is 3.55. The van der Waals surface area contributed by atoms with Crippen LogP contribution in [0.5, 0.6) is 0 Å². The van der Waals surface area contributed by atoms with E-state index in [0.717, 1.165) is 15.2 Å². The number of rotatable bonds is 6. The number of nitrogens with one attached hydrogen (secondary N) is 4. The van der Waals surface area contributed by atoms with Crippen LogP contribution in [0.4, 0.5) is 15.5 Å². The van der Waals surface area contributed by atoms with E-state index in [1.165, 1.54) is 18.6 Å². The van der Waals surface area contributed by atoms with Crippen LogP contribution in [0.2, 0.25) is 0 Å². The topological polar surface area (TPSA) is 124 Å². The smallest absolute Gasteiger partial charge is 0.261 e. The minimum atomic E-state index is -0.521. The summed E-state index contributed by atoms with van der Waals surface area (Å²) in [5.41, 5.74) is 3.33. The highest BCUT2D eigenvalue weighted by Gasteiger charge is 2.21. The molecule has 152 valence electrons. The number of nitrogens with zero attached hydrogens (tertiary/aromatic N) is 4. The van der Waals surface area contributed by atoms with Gasteiger partial charge in [-0.1, -0.05) is 12.1 Å². The van der Waals surface area contributed by atoms with E-state index in [1.54, 1.807) is 13.2 Å². The number of amides is 1. The molecule has 1 amide bonds. The summed E-state index contributed by atoms with van der Waals surface area (Å²) in [6.45, 7) is 1.96. The standard InChI is InChI=1S/C19H17FN8OS/c1-10-3-4-11(13(7-10)22-2)15(21)14-8-25-17-16(26-14)12(9-28(17)30-20)18(29)27-19-23-5-6-24-19/h3-9,21-22H,1-2H3,(H2,23,24,27,29). The molecule has 1 aromatic carbocycles. The second-order valence-corrected chi connectivity index (χ2v) is 6.96. The van der Waals surface area contributed by atoms with E-state index in [4.69, 9.17) is 5.41 Å². The van der Waals surface area contributed by atoms with Crippen molar-refractivity contribution in [2.45, 2.75) is 6.92 Å². The number of carbonyl (C=O) groups excluding carboxylic acids is 1. The van der Waals surface area contributed by atoms with Gasteiger partial charge < -0.3 is 10.3 Å². The van der Waals surface area contributed by atoms with Gasteiger partial charge in [-0.3, -0.25) is 15.5 Å². The number of fused-ring (bicyclic) bond motifs is 1. The largest absolute Gasteiger partial charge is 0.388 e. The fourth-order valence-electron chi connectivity index (χ4n) is 3.03. The molecule has 3 heterocycles. The molecular formula is C19H17FN8OS. The summed E-state index contributed by atoms with van der Waals surface area (Å²) in [7, 11) is 1.77. The Morgan fingerprint density at radius 2 is 2.13 bits per heavy atom. The van der Waals surface area contributed by atoms with Crippen molar-refractivity contribution in [3.05, 3.63) is 65.4 Å². The molecule has 4 rings (SSSR count). The maximum atomic E-state index is 13.4. The lowest BCUT2D eigenvalue weighted by atomic mass is 10.0. The lowest BCUT2D eigenvalue weighted by Crippen LogP contribution is -2.13. The molecule has 3 aromatic heterocycles. The summed E-state index contributed by atoms with van der Waals surface area (Å²) < 4.78 is 14.5. The lowest BCUT2D eigenvalue weighted by Gasteiger charge is -2.11. The summed E-state index contributed by atoms with van der Waals surface area (Å²) in [4.78, 5) is 28.1. The van der Waals surface area contributed by atoms with Gasteiger partial charge in [0.2, 0.25) is 5.95 Å². The van der Waals surface area contributed by atoms with E-state index in [0.29, 0.717) is 5.56 Å². The molecule has 0 aliphatic carbocycles. The van der Waals surface area contributed by atoms with Gasteiger partial charge in [0.15, 0.2) is 18.0 Å². The predicted molar refractivity (Wildman–Crippen MR) is 115 cm³/mol. The second-order valence-electron chi connectivity index (χ2n) is 6.43. The Balaban J connectivity index is 1.78. The SMILES string of the molecule is CNc1cc(C)ccc1C(=N)c1cnc2c(n1)c(C(=O)Nc1ncc[nH]1)cn2SF. The number of aromatic nitrogens is 5. The number of hydrogen-bond acceptors (Lipinski definition) is 7. The number of carbonyl (C=O) groups is 1. The van der Waals surface area contributed by atoms with Crippen LogP contribution < -0.4 is 10.6 Å². The van der Waals surface area contributed by atoms with Crippen molar-refractivity contribution in [1.82, 2.24) is 23.9 Å². The molecule has 0 aliphatic rings. The molecule has 0 spiro atoms. The molecule has 0 saturated carbocycles. The number of benzene rings is 1. The van der Waals surface area contributed by atoms with Crippen LogP contribution in [0.25, 0.3) is 11.2 Å². The van der Waals surface area contributed by atoms with Crippen LogP contribution in [0, 0.1) is 12.3 Å². The summed E-state index contributed by atoms with van der Waals surface area (Å²) in [5, 5.41) is 14.3. The number of aryl methyl sites for hydroxylation is 1. The molecule has 4 aromatic rings. The van der Waals surface area contributed by atoms with E-state index < -0.39 is 5.91 Å². The number of aromatic amines is 1. The summed E-state index contributed by atoms with van der Waals surface area (Å²) >= 11 is -0.0901. The van der Waals surface area contributed by atoms with Gasteiger partial charge in [0, 0.05) is 36.9 Å². The second kappa shape index (κ2) is 7.95. The van der Waals surface area contributed by atoms with Crippen LogP contribution in [0.15, 0.2) is 43.0 Å². The highest BCUT2D eigenvalue weighted by Crippen LogP contribution is 2.25. The maximum Gasteiger partial charge on any atom is 0.261 e. The van der Waals surface area contributed by atoms with Gasteiger partial charge in [0.1, 0.15) is 11.2 Å². The summed E-state index contributed by atoms with van der Waals surface area (Å²) in [6.07, 6.45) is 5.77. The number of H-pyrrole nitrogens is 1. The highest BCUT2D eigenvalue weighted by atomic mass is 32.2. The van der Waals surface area contributed by atoms with Gasteiger partial charge >= 0.3 is 0 Å².